The summed E-state index contributed by atoms with van der Waals surface area (Å²) in [6.07, 6.45) is 5.34. The van der Waals surface area contributed by atoms with Gasteiger partial charge in [0.25, 0.3) is 0 Å². The first-order chi connectivity index (χ1) is 17.3. The van der Waals surface area contributed by atoms with Crippen molar-refractivity contribution in [2.75, 3.05) is 45.2 Å². The lowest BCUT2D eigenvalue weighted by atomic mass is 9.67. The van der Waals surface area contributed by atoms with E-state index in [1.54, 1.807) is 17.0 Å². The Morgan fingerprint density at radius 1 is 0.946 bits per heavy atom. The number of hydrogen-bond acceptors (Lipinski definition) is 6. The zero-order chi connectivity index (χ0) is 26.7. The summed E-state index contributed by atoms with van der Waals surface area (Å²) in [5, 5.41) is 22.2. The van der Waals surface area contributed by atoms with Crippen LogP contribution in [0.4, 0.5) is 9.18 Å². The molecule has 0 radical (unpaired) electrons. The van der Waals surface area contributed by atoms with Crippen molar-refractivity contribution in [1.82, 2.24) is 14.7 Å². The Morgan fingerprint density at radius 2 is 1.57 bits per heavy atom. The van der Waals surface area contributed by atoms with E-state index in [2.05, 4.69) is 4.90 Å². The molecule has 1 spiro atoms. The molecule has 4 aliphatic rings. The molecule has 2 heterocycles. The largest absolute Gasteiger partial charge is 0.388 e. The third-order valence-corrected chi connectivity index (χ3v) is 11.4. The standard InChI is InChI=1S/C27H40FN3O5S/c1-29(2)27(21-5-3-6-22(28)17-21)11-9-24(10-12-27)18-30(19-26(34)13-15-37(35,36)16-14-26)23(32)31(24)20-25(33)7-4-8-25/h3,5-6,17,33-34H,4,7-16,18-20H2,1-2H3/t24-,27-. The van der Waals surface area contributed by atoms with Gasteiger partial charge in [0.2, 0.25) is 0 Å². The second kappa shape index (κ2) is 9.17. The average Bonchev–Trinajstić information content (AvgIpc) is 3.06. The maximum atomic E-state index is 14.2. The molecular formula is C27H40FN3O5S. The molecule has 0 bridgehead atoms. The van der Waals surface area contributed by atoms with E-state index in [0.717, 1.165) is 24.8 Å². The number of nitrogens with zero attached hydrogens (tertiary/aromatic N) is 3. The molecule has 5 rings (SSSR count). The Labute approximate surface area is 219 Å². The predicted molar refractivity (Wildman–Crippen MR) is 138 cm³/mol. The van der Waals surface area contributed by atoms with Crippen molar-refractivity contribution in [3.63, 3.8) is 0 Å². The number of rotatable bonds is 6. The Kier molecular flexibility index (Phi) is 6.65. The Bertz CT molecular complexity index is 1130. The van der Waals surface area contributed by atoms with Gasteiger partial charge in [-0.2, -0.15) is 0 Å². The van der Waals surface area contributed by atoms with Crippen LogP contribution in [0.3, 0.4) is 0 Å². The van der Waals surface area contributed by atoms with Crippen molar-refractivity contribution >= 4 is 15.9 Å². The zero-order valence-electron chi connectivity index (χ0n) is 22.0. The summed E-state index contributed by atoms with van der Waals surface area (Å²) in [4.78, 5) is 19.5. The van der Waals surface area contributed by atoms with E-state index in [4.69, 9.17) is 0 Å². The lowest BCUT2D eigenvalue weighted by Gasteiger charge is -2.52. The fourth-order valence-corrected chi connectivity index (χ4v) is 8.62. The summed E-state index contributed by atoms with van der Waals surface area (Å²) >= 11 is 0. The molecule has 206 valence electrons. The molecule has 37 heavy (non-hydrogen) atoms. The zero-order valence-corrected chi connectivity index (χ0v) is 22.8. The van der Waals surface area contributed by atoms with Crippen LogP contribution in [-0.4, -0.2) is 101 Å². The number of urea groups is 1. The number of aliphatic hydroxyl groups is 2. The van der Waals surface area contributed by atoms with Crippen LogP contribution in [0.2, 0.25) is 0 Å². The van der Waals surface area contributed by atoms with Crippen molar-refractivity contribution < 1.29 is 27.8 Å². The molecule has 1 aromatic carbocycles. The SMILES string of the molecule is CN(C)[C@]1(c2cccc(F)c2)CC[C@@]2(CC1)CN(CC1(O)CCS(=O)(=O)CC1)C(=O)N2CC1(O)CCC1. The first kappa shape index (κ1) is 26.8. The van der Waals surface area contributed by atoms with E-state index < -0.39 is 26.6 Å². The Hall–Kier alpha value is -1.75. The number of benzene rings is 1. The van der Waals surface area contributed by atoms with E-state index in [0.29, 0.717) is 32.2 Å². The number of hydrogen-bond donors (Lipinski definition) is 2. The lowest BCUT2D eigenvalue weighted by molar-refractivity contribution is -0.0726. The van der Waals surface area contributed by atoms with Gasteiger partial charge in [-0.25, -0.2) is 17.6 Å². The van der Waals surface area contributed by atoms with Crippen LogP contribution < -0.4 is 0 Å². The van der Waals surface area contributed by atoms with Gasteiger partial charge in [0.15, 0.2) is 9.84 Å². The van der Waals surface area contributed by atoms with Crippen molar-refractivity contribution in [2.45, 2.75) is 80.1 Å². The summed E-state index contributed by atoms with van der Waals surface area (Å²) in [5.74, 6) is -0.407. The van der Waals surface area contributed by atoms with Crippen LogP contribution in [0.5, 0.6) is 0 Å². The molecule has 2 N–H and O–H groups in total. The minimum absolute atomic E-state index is 0.0703. The fraction of sp³-hybridized carbons (Fsp3) is 0.741. The topological polar surface area (TPSA) is 101 Å². The summed E-state index contributed by atoms with van der Waals surface area (Å²) in [7, 11) is 0.873. The molecule has 2 aliphatic carbocycles. The molecule has 8 nitrogen and oxygen atoms in total. The first-order valence-corrected chi connectivity index (χ1v) is 15.3. The van der Waals surface area contributed by atoms with Gasteiger partial charge in [-0.05, 0) is 89.6 Å². The average molecular weight is 538 g/mol. The summed E-state index contributed by atoms with van der Waals surface area (Å²) in [6, 6.07) is 6.57. The molecule has 2 saturated carbocycles. The minimum atomic E-state index is -3.15. The van der Waals surface area contributed by atoms with Gasteiger partial charge in [0.1, 0.15) is 5.82 Å². The molecule has 0 unspecified atom stereocenters. The third-order valence-electron chi connectivity index (χ3n) is 9.76. The highest BCUT2D eigenvalue weighted by Crippen LogP contribution is 2.50. The van der Waals surface area contributed by atoms with E-state index in [1.165, 1.54) is 6.07 Å². The molecule has 2 saturated heterocycles. The molecular weight excluding hydrogens is 497 g/mol. The monoisotopic (exact) mass is 537 g/mol. The molecule has 10 heteroatoms. The fourth-order valence-electron chi connectivity index (χ4n) is 7.04. The van der Waals surface area contributed by atoms with Gasteiger partial charge in [-0.15, -0.1) is 0 Å². The Balaban J connectivity index is 1.40. The second-order valence-corrected chi connectivity index (χ2v) is 14.6. The summed E-state index contributed by atoms with van der Waals surface area (Å²) < 4.78 is 38.0. The Morgan fingerprint density at radius 3 is 2.11 bits per heavy atom. The molecule has 2 aliphatic heterocycles. The summed E-state index contributed by atoms with van der Waals surface area (Å²) in [5.41, 5.74) is -2.04. The lowest BCUT2D eigenvalue weighted by Crippen LogP contribution is -2.59. The highest BCUT2D eigenvalue weighted by Gasteiger charge is 2.57. The number of halogens is 1. The number of amides is 2. The predicted octanol–water partition coefficient (Wildman–Crippen LogP) is 2.49. The van der Waals surface area contributed by atoms with Crippen molar-refractivity contribution in [3.05, 3.63) is 35.6 Å². The van der Waals surface area contributed by atoms with Gasteiger partial charge in [-0.3, -0.25) is 4.90 Å². The van der Waals surface area contributed by atoms with E-state index in [9.17, 15) is 27.8 Å². The van der Waals surface area contributed by atoms with Gasteiger partial charge < -0.3 is 20.0 Å². The molecule has 1 aromatic rings. The minimum Gasteiger partial charge on any atom is -0.388 e. The quantitative estimate of drug-likeness (QED) is 0.578. The van der Waals surface area contributed by atoms with Gasteiger partial charge in [0.05, 0.1) is 41.3 Å². The van der Waals surface area contributed by atoms with E-state index >= 15 is 0 Å². The van der Waals surface area contributed by atoms with Crippen molar-refractivity contribution in [3.8, 4) is 0 Å². The van der Waals surface area contributed by atoms with Crippen LogP contribution in [0.15, 0.2) is 24.3 Å². The second-order valence-electron chi connectivity index (χ2n) is 12.3. The molecule has 0 atom stereocenters. The van der Waals surface area contributed by atoms with E-state index in [-0.39, 0.29) is 54.8 Å². The van der Waals surface area contributed by atoms with Gasteiger partial charge >= 0.3 is 6.03 Å². The highest BCUT2D eigenvalue weighted by atomic mass is 32.2. The third kappa shape index (κ3) is 4.90. The molecule has 0 aromatic heterocycles. The van der Waals surface area contributed by atoms with Crippen LogP contribution in [0.1, 0.15) is 63.4 Å². The number of sulfone groups is 1. The van der Waals surface area contributed by atoms with Crippen molar-refractivity contribution in [1.29, 1.82) is 0 Å². The van der Waals surface area contributed by atoms with Crippen LogP contribution in [0, 0.1) is 5.82 Å². The van der Waals surface area contributed by atoms with Crippen molar-refractivity contribution in [2.24, 2.45) is 0 Å². The highest BCUT2D eigenvalue weighted by molar-refractivity contribution is 7.91. The van der Waals surface area contributed by atoms with Crippen LogP contribution >= 0.6 is 0 Å². The van der Waals surface area contributed by atoms with Crippen LogP contribution in [-0.2, 0) is 15.4 Å². The van der Waals surface area contributed by atoms with Gasteiger partial charge in [-0.1, -0.05) is 12.1 Å². The van der Waals surface area contributed by atoms with E-state index in [1.807, 2.05) is 25.1 Å². The number of carbonyl (C=O) groups excluding carboxylic acids is 1. The number of β-amino-alcohol motifs (C(OH)–C–C–N with tert-alkyl or cyclic N) is 2. The maximum Gasteiger partial charge on any atom is 0.320 e. The molecule has 2 amide bonds. The van der Waals surface area contributed by atoms with Gasteiger partial charge in [0, 0.05) is 12.1 Å². The smallest absolute Gasteiger partial charge is 0.320 e. The molecule has 4 fully saturated rings. The summed E-state index contributed by atoms with van der Waals surface area (Å²) in [6.45, 7) is 0.800. The number of carbonyl (C=O) groups is 1. The first-order valence-electron chi connectivity index (χ1n) is 13.4. The normalized spacial score (nSPS) is 30.1. The maximum absolute atomic E-state index is 14.2. The van der Waals surface area contributed by atoms with Crippen LogP contribution in [0.25, 0.3) is 0 Å².